The van der Waals surface area contributed by atoms with Crippen LogP contribution in [0.25, 0.3) is 0 Å². The van der Waals surface area contributed by atoms with Crippen LogP contribution in [0.5, 0.6) is 5.75 Å². The van der Waals surface area contributed by atoms with Gasteiger partial charge >= 0.3 is 0 Å². The van der Waals surface area contributed by atoms with Crippen LogP contribution < -0.4 is 10.1 Å². The molecular weight excluding hydrogens is 308 g/mol. The zero-order chi connectivity index (χ0) is 17.1. The van der Waals surface area contributed by atoms with E-state index in [9.17, 15) is 9.59 Å². The Morgan fingerprint density at radius 3 is 2.96 bits per heavy atom. The minimum Gasteiger partial charge on any atom is -0.484 e. The number of rotatable bonds is 5. The summed E-state index contributed by atoms with van der Waals surface area (Å²) in [5, 5.41) is 2.82. The summed E-state index contributed by atoms with van der Waals surface area (Å²) < 4.78 is 10.9. The van der Waals surface area contributed by atoms with Gasteiger partial charge in [-0.2, -0.15) is 0 Å². The maximum atomic E-state index is 12.3. The SMILES string of the molecule is CC(c1ccco1)N(C)C(=O)COc1ccc2c(c1)CCC(=O)N2. The molecule has 1 unspecified atom stereocenters. The molecule has 1 aliphatic heterocycles. The van der Waals surface area contributed by atoms with Gasteiger partial charge in [0.15, 0.2) is 6.61 Å². The Balaban J connectivity index is 1.59. The number of fused-ring (bicyclic) bond motifs is 1. The number of benzene rings is 1. The molecule has 2 heterocycles. The highest BCUT2D eigenvalue weighted by Gasteiger charge is 2.20. The van der Waals surface area contributed by atoms with Gasteiger partial charge in [-0.05, 0) is 49.2 Å². The lowest BCUT2D eigenvalue weighted by Crippen LogP contribution is -2.33. The van der Waals surface area contributed by atoms with Crippen LogP contribution in [-0.4, -0.2) is 30.4 Å². The molecule has 6 heteroatoms. The van der Waals surface area contributed by atoms with E-state index < -0.39 is 0 Å². The van der Waals surface area contributed by atoms with E-state index in [4.69, 9.17) is 9.15 Å². The highest BCUT2D eigenvalue weighted by molar-refractivity contribution is 5.94. The Morgan fingerprint density at radius 1 is 1.38 bits per heavy atom. The molecule has 24 heavy (non-hydrogen) atoms. The zero-order valence-electron chi connectivity index (χ0n) is 13.7. The number of nitrogens with zero attached hydrogens (tertiary/aromatic N) is 1. The van der Waals surface area contributed by atoms with Crippen LogP contribution in [0.2, 0.25) is 0 Å². The highest BCUT2D eigenvalue weighted by atomic mass is 16.5. The third kappa shape index (κ3) is 3.42. The maximum Gasteiger partial charge on any atom is 0.260 e. The first-order valence-corrected chi connectivity index (χ1v) is 7.89. The fourth-order valence-electron chi connectivity index (χ4n) is 2.63. The van der Waals surface area contributed by atoms with Gasteiger partial charge in [-0.15, -0.1) is 0 Å². The van der Waals surface area contributed by atoms with Gasteiger partial charge in [-0.1, -0.05) is 0 Å². The zero-order valence-corrected chi connectivity index (χ0v) is 13.7. The van der Waals surface area contributed by atoms with Crippen molar-refractivity contribution in [3.63, 3.8) is 0 Å². The highest BCUT2D eigenvalue weighted by Crippen LogP contribution is 2.27. The molecule has 1 aromatic heterocycles. The summed E-state index contributed by atoms with van der Waals surface area (Å²) in [5.74, 6) is 1.25. The summed E-state index contributed by atoms with van der Waals surface area (Å²) in [5.41, 5.74) is 1.84. The Bertz CT molecular complexity index is 739. The molecule has 6 nitrogen and oxygen atoms in total. The lowest BCUT2D eigenvalue weighted by Gasteiger charge is -2.23. The van der Waals surface area contributed by atoms with E-state index >= 15 is 0 Å². The van der Waals surface area contributed by atoms with Crippen LogP contribution in [0.1, 0.15) is 30.7 Å². The van der Waals surface area contributed by atoms with Gasteiger partial charge in [-0.3, -0.25) is 9.59 Å². The molecule has 0 radical (unpaired) electrons. The van der Waals surface area contributed by atoms with Crippen LogP contribution in [-0.2, 0) is 16.0 Å². The normalized spacial score (nSPS) is 14.5. The predicted octanol–water partition coefficient (Wildman–Crippen LogP) is 2.76. The summed E-state index contributed by atoms with van der Waals surface area (Å²) in [6, 6.07) is 8.92. The average Bonchev–Trinajstić information content (AvgIpc) is 3.12. The van der Waals surface area contributed by atoms with Crippen LogP contribution in [0.4, 0.5) is 5.69 Å². The van der Waals surface area contributed by atoms with Crippen LogP contribution >= 0.6 is 0 Å². The third-order valence-corrected chi connectivity index (χ3v) is 4.26. The van der Waals surface area contributed by atoms with Crippen molar-refractivity contribution in [3.05, 3.63) is 47.9 Å². The van der Waals surface area contributed by atoms with E-state index in [1.807, 2.05) is 19.1 Å². The second-order valence-electron chi connectivity index (χ2n) is 5.85. The summed E-state index contributed by atoms with van der Waals surface area (Å²) in [7, 11) is 1.72. The number of aryl methyl sites for hydroxylation is 1. The summed E-state index contributed by atoms with van der Waals surface area (Å²) in [6.07, 6.45) is 2.74. The van der Waals surface area contributed by atoms with Gasteiger partial charge < -0.3 is 19.4 Å². The largest absolute Gasteiger partial charge is 0.484 e. The molecule has 1 atom stereocenters. The fraction of sp³-hybridized carbons (Fsp3) is 0.333. The van der Waals surface area contributed by atoms with Gasteiger partial charge in [0, 0.05) is 19.2 Å². The number of ether oxygens (including phenoxy) is 1. The quantitative estimate of drug-likeness (QED) is 0.916. The number of anilines is 1. The Kier molecular flexibility index (Phi) is 4.55. The number of likely N-dealkylation sites (N-methyl/N-ethyl adjacent to an activating group) is 1. The molecule has 3 rings (SSSR count). The molecule has 2 amide bonds. The number of carbonyl (C=O) groups is 2. The first-order chi connectivity index (χ1) is 11.5. The number of hydrogen-bond acceptors (Lipinski definition) is 4. The molecule has 1 aliphatic rings. The van der Waals surface area contributed by atoms with E-state index in [1.54, 1.807) is 36.4 Å². The fourth-order valence-corrected chi connectivity index (χ4v) is 2.63. The summed E-state index contributed by atoms with van der Waals surface area (Å²) >= 11 is 0. The topological polar surface area (TPSA) is 71.8 Å². The molecule has 0 aliphatic carbocycles. The van der Waals surface area contributed by atoms with E-state index in [-0.39, 0.29) is 24.5 Å². The number of furan rings is 1. The van der Waals surface area contributed by atoms with E-state index in [0.29, 0.717) is 18.6 Å². The minimum absolute atomic E-state index is 0.0277. The number of carbonyl (C=O) groups excluding carboxylic acids is 2. The molecule has 0 saturated heterocycles. The first-order valence-electron chi connectivity index (χ1n) is 7.89. The van der Waals surface area contributed by atoms with Crippen molar-refractivity contribution in [1.82, 2.24) is 4.90 Å². The van der Waals surface area contributed by atoms with Gasteiger partial charge in [0.1, 0.15) is 11.5 Å². The number of hydrogen-bond donors (Lipinski definition) is 1. The molecule has 0 fully saturated rings. The summed E-state index contributed by atoms with van der Waals surface area (Å²) in [6.45, 7) is 1.85. The Hall–Kier alpha value is -2.76. The smallest absolute Gasteiger partial charge is 0.260 e. The first kappa shape index (κ1) is 16.1. The number of amides is 2. The monoisotopic (exact) mass is 328 g/mol. The lowest BCUT2D eigenvalue weighted by molar-refractivity contribution is -0.134. The molecular formula is C18H20N2O4. The van der Waals surface area contributed by atoms with Gasteiger partial charge in [0.05, 0.1) is 12.3 Å². The van der Waals surface area contributed by atoms with E-state index in [2.05, 4.69) is 5.32 Å². The van der Waals surface area contributed by atoms with Gasteiger partial charge in [0.2, 0.25) is 5.91 Å². The molecule has 0 saturated carbocycles. The van der Waals surface area contributed by atoms with Crippen molar-refractivity contribution in [2.75, 3.05) is 19.0 Å². The molecule has 0 spiro atoms. The van der Waals surface area contributed by atoms with Crippen molar-refractivity contribution >= 4 is 17.5 Å². The molecule has 2 aromatic rings. The van der Waals surface area contributed by atoms with Crippen molar-refractivity contribution in [1.29, 1.82) is 0 Å². The van der Waals surface area contributed by atoms with E-state index in [0.717, 1.165) is 17.0 Å². The van der Waals surface area contributed by atoms with Crippen molar-refractivity contribution in [2.24, 2.45) is 0 Å². The van der Waals surface area contributed by atoms with Gasteiger partial charge in [0.25, 0.3) is 5.91 Å². The number of nitrogens with one attached hydrogen (secondary N) is 1. The Labute approximate surface area is 140 Å². The second-order valence-corrected chi connectivity index (χ2v) is 5.85. The lowest BCUT2D eigenvalue weighted by atomic mass is 10.0. The molecule has 0 bridgehead atoms. The molecule has 1 N–H and O–H groups in total. The van der Waals surface area contributed by atoms with Crippen molar-refractivity contribution in [3.8, 4) is 5.75 Å². The maximum absolute atomic E-state index is 12.3. The second kappa shape index (κ2) is 6.78. The Morgan fingerprint density at radius 2 is 2.21 bits per heavy atom. The molecule has 1 aromatic carbocycles. The summed E-state index contributed by atoms with van der Waals surface area (Å²) in [4.78, 5) is 25.2. The molecule has 126 valence electrons. The van der Waals surface area contributed by atoms with Crippen molar-refractivity contribution in [2.45, 2.75) is 25.8 Å². The third-order valence-electron chi connectivity index (χ3n) is 4.26. The van der Waals surface area contributed by atoms with Crippen LogP contribution in [0, 0.1) is 0 Å². The van der Waals surface area contributed by atoms with Crippen LogP contribution in [0.3, 0.4) is 0 Å². The van der Waals surface area contributed by atoms with Crippen molar-refractivity contribution < 1.29 is 18.7 Å². The predicted molar refractivity (Wildman–Crippen MR) is 88.8 cm³/mol. The standard InChI is InChI=1S/C18H20N2O4/c1-12(16-4-3-9-23-16)20(2)18(22)11-24-14-6-7-15-13(10-14)5-8-17(21)19-15/h3-4,6-7,9-10,12H,5,8,11H2,1-2H3,(H,19,21). The van der Waals surface area contributed by atoms with Gasteiger partial charge in [-0.25, -0.2) is 0 Å². The van der Waals surface area contributed by atoms with Crippen LogP contribution in [0.15, 0.2) is 41.0 Å². The minimum atomic E-state index is -0.158. The average molecular weight is 328 g/mol. The van der Waals surface area contributed by atoms with E-state index in [1.165, 1.54) is 0 Å².